The zero-order valence-electron chi connectivity index (χ0n) is 24.5. The highest BCUT2D eigenvalue weighted by molar-refractivity contribution is 9.10. The summed E-state index contributed by atoms with van der Waals surface area (Å²) in [5.41, 5.74) is 3.05. The summed E-state index contributed by atoms with van der Waals surface area (Å²) in [5.74, 6) is -0.275. The number of nitrogens with zero attached hydrogens (tertiary/aromatic N) is 6. The van der Waals surface area contributed by atoms with Gasteiger partial charge in [-0.1, -0.05) is 19.6 Å². The molecule has 0 bridgehead atoms. The van der Waals surface area contributed by atoms with Crippen LogP contribution in [0.25, 0.3) is 16.9 Å². The number of pyridine rings is 1. The van der Waals surface area contributed by atoms with Gasteiger partial charge >= 0.3 is 6.09 Å². The molecule has 4 heterocycles. The molecule has 218 valence electrons. The maximum absolute atomic E-state index is 13.4. The average Bonchev–Trinajstić information content (AvgIpc) is 3.45. The van der Waals surface area contributed by atoms with E-state index in [-0.39, 0.29) is 30.5 Å². The SMILES string of the molecule is Cc1cc(-c2c(Br)c(C(=O)NC3CCN(C(=O)OC(C)(C)C)CC3)nn2COCC[Si](C)(C)C)cn2ncnc12. The van der Waals surface area contributed by atoms with Gasteiger partial charge in [0.2, 0.25) is 0 Å². The van der Waals surface area contributed by atoms with Gasteiger partial charge in [0.25, 0.3) is 5.91 Å². The predicted octanol–water partition coefficient (Wildman–Crippen LogP) is 5.11. The monoisotopic (exact) mass is 633 g/mol. The average molecular weight is 635 g/mol. The molecule has 4 rings (SSSR count). The number of hydrogen-bond acceptors (Lipinski definition) is 7. The smallest absolute Gasteiger partial charge is 0.410 e. The van der Waals surface area contributed by atoms with Crippen molar-refractivity contribution in [1.29, 1.82) is 0 Å². The van der Waals surface area contributed by atoms with Gasteiger partial charge in [0.1, 0.15) is 18.7 Å². The van der Waals surface area contributed by atoms with Gasteiger partial charge in [-0.15, -0.1) is 0 Å². The number of hydrogen-bond donors (Lipinski definition) is 1. The van der Waals surface area contributed by atoms with Crippen molar-refractivity contribution in [2.24, 2.45) is 0 Å². The number of halogens is 1. The van der Waals surface area contributed by atoms with Crippen LogP contribution < -0.4 is 5.32 Å². The summed E-state index contributed by atoms with van der Waals surface area (Å²) in [6, 6.07) is 2.97. The van der Waals surface area contributed by atoms with Crippen LogP contribution in [0, 0.1) is 6.92 Å². The Kier molecular flexibility index (Phi) is 9.05. The fourth-order valence-corrected chi connectivity index (χ4v) is 5.94. The standard InChI is InChI=1S/C27H40BrN7O4Si/c1-18-14-19(15-34-24(18)29-16-30-34)23-21(28)22(32-35(23)17-38-12-13-40(5,6)7)25(36)31-20-8-10-33(11-9-20)26(37)39-27(2,3)4/h14-16,20H,8-13,17H2,1-7H3,(H,31,36). The predicted molar refractivity (Wildman–Crippen MR) is 159 cm³/mol. The third-order valence-corrected chi connectivity index (χ3v) is 9.09. The lowest BCUT2D eigenvalue weighted by molar-refractivity contribution is 0.0199. The molecule has 1 N–H and O–H groups in total. The Hall–Kier alpha value is -2.77. The number of nitrogens with one attached hydrogen (secondary N) is 1. The third kappa shape index (κ3) is 7.49. The van der Waals surface area contributed by atoms with E-state index in [1.54, 1.807) is 14.1 Å². The number of likely N-dealkylation sites (tertiary alicyclic amines) is 1. The second-order valence-electron chi connectivity index (χ2n) is 12.5. The molecule has 0 aliphatic carbocycles. The molecule has 1 fully saturated rings. The lowest BCUT2D eigenvalue weighted by Gasteiger charge is -2.33. The lowest BCUT2D eigenvalue weighted by Crippen LogP contribution is -2.47. The second-order valence-corrected chi connectivity index (χ2v) is 18.9. The number of aryl methyl sites for hydroxylation is 1. The molecule has 3 aromatic heterocycles. The Morgan fingerprint density at radius 2 is 1.90 bits per heavy atom. The van der Waals surface area contributed by atoms with Gasteiger partial charge in [-0.2, -0.15) is 10.2 Å². The van der Waals surface area contributed by atoms with E-state index in [0.717, 1.165) is 28.5 Å². The Labute approximate surface area is 244 Å². The second kappa shape index (κ2) is 12.0. The molecular weight excluding hydrogens is 594 g/mol. The molecule has 3 aromatic rings. The van der Waals surface area contributed by atoms with E-state index in [0.29, 0.717) is 37.0 Å². The van der Waals surface area contributed by atoms with Gasteiger partial charge in [-0.05, 0) is 74.1 Å². The van der Waals surface area contributed by atoms with Crippen LogP contribution in [0.5, 0.6) is 0 Å². The molecule has 2 amide bonds. The quantitative estimate of drug-likeness (QED) is 0.271. The van der Waals surface area contributed by atoms with E-state index in [1.165, 1.54) is 6.33 Å². The summed E-state index contributed by atoms with van der Waals surface area (Å²) in [6.07, 6.45) is 4.35. The summed E-state index contributed by atoms with van der Waals surface area (Å²) >= 11 is 3.67. The first-order chi connectivity index (χ1) is 18.7. The minimum atomic E-state index is -1.25. The van der Waals surface area contributed by atoms with Crippen LogP contribution in [0.2, 0.25) is 25.7 Å². The molecule has 0 atom stereocenters. The molecule has 40 heavy (non-hydrogen) atoms. The molecule has 1 aliphatic heterocycles. The molecule has 0 spiro atoms. The van der Waals surface area contributed by atoms with E-state index in [4.69, 9.17) is 9.47 Å². The van der Waals surface area contributed by atoms with Crippen LogP contribution in [-0.2, 0) is 16.2 Å². The Balaban J connectivity index is 1.52. The fraction of sp³-hybridized carbons (Fsp3) is 0.593. The zero-order valence-corrected chi connectivity index (χ0v) is 27.0. The van der Waals surface area contributed by atoms with E-state index < -0.39 is 13.7 Å². The van der Waals surface area contributed by atoms with E-state index >= 15 is 0 Å². The number of carbonyl (C=O) groups excluding carboxylic acids is 2. The van der Waals surface area contributed by atoms with Crippen molar-refractivity contribution in [2.45, 2.75) is 84.6 Å². The summed E-state index contributed by atoms with van der Waals surface area (Å²) in [7, 11) is -1.25. The molecule has 1 saturated heterocycles. The minimum absolute atomic E-state index is 0.0755. The maximum Gasteiger partial charge on any atom is 0.410 e. The van der Waals surface area contributed by atoms with Crippen molar-refractivity contribution in [3.8, 4) is 11.3 Å². The van der Waals surface area contributed by atoms with Gasteiger partial charge in [0.15, 0.2) is 11.3 Å². The number of aromatic nitrogens is 5. The third-order valence-electron chi connectivity index (χ3n) is 6.63. The number of rotatable bonds is 8. The molecule has 11 nitrogen and oxygen atoms in total. The largest absolute Gasteiger partial charge is 0.444 e. The Morgan fingerprint density at radius 3 is 2.55 bits per heavy atom. The van der Waals surface area contributed by atoms with E-state index in [1.807, 2.05) is 40.0 Å². The number of amides is 2. The lowest BCUT2D eigenvalue weighted by atomic mass is 10.1. The van der Waals surface area contributed by atoms with Gasteiger partial charge in [0.05, 0.1) is 10.2 Å². The molecule has 13 heteroatoms. The van der Waals surface area contributed by atoms with Gasteiger partial charge in [0, 0.05) is 45.6 Å². The summed E-state index contributed by atoms with van der Waals surface area (Å²) in [4.78, 5) is 31.9. The molecule has 0 unspecified atom stereocenters. The Morgan fingerprint density at radius 1 is 1.20 bits per heavy atom. The first-order valence-electron chi connectivity index (χ1n) is 13.6. The molecule has 0 saturated carbocycles. The van der Waals surface area contributed by atoms with Gasteiger partial charge < -0.3 is 19.7 Å². The van der Waals surface area contributed by atoms with E-state index in [9.17, 15) is 9.59 Å². The molecular formula is C27H40BrN7O4Si. The number of carbonyl (C=O) groups is 2. The van der Waals surface area contributed by atoms with Crippen LogP contribution in [0.3, 0.4) is 0 Å². The summed E-state index contributed by atoms with van der Waals surface area (Å²) in [6.45, 7) is 16.3. The molecule has 0 radical (unpaired) electrons. The van der Waals surface area contributed by atoms with Gasteiger partial charge in [-0.3, -0.25) is 4.79 Å². The van der Waals surface area contributed by atoms with Crippen molar-refractivity contribution in [3.63, 3.8) is 0 Å². The van der Waals surface area contributed by atoms with Crippen LogP contribution in [-0.4, -0.2) is 80.7 Å². The highest BCUT2D eigenvalue weighted by Gasteiger charge is 2.30. The summed E-state index contributed by atoms with van der Waals surface area (Å²) < 4.78 is 15.5. The highest BCUT2D eigenvalue weighted by Crippen LogP contribution is 2.33. The van der Waals surface area contributed by atoms with Crippen molar-refractivity contribution in [1.82, 2.24) is 34.6 Å². The van der Waals surface area contributed by atoms with Crippen LogP contribution in [0.1, 0.15) is 49.7 Å². The van der Waals surface area contributed by atoms with Crippen molar-refractivity contribution < 1.29 is 19.1 Å². The molecule has 0 aromatic carbocycles. The van der Waals surface area contributed by atoms with Gasteiger partial charge in [-0.25, -0.2) is 19.0 Å². The zero-order chi connectivity index (χ0) is 29.2. The first-order valence-corrected chi connectivity index (χ1v) is 18.1. The number of fused-ring (bicyclic) bond motifs is 1. The van der Waals surface area contributed by atoms with Crippen LogP contribution in [0.4, 0.5) is 4.79 Å². The van der Waals surface area contributed by atoms with E-state index in [2.05, 4.69) is 56.1 Å². The number of piperidine rings is 1. The normalized spacial score (nSPS) is 15.1. The topological polar surface area (TPSA) is 116 Å². The Bertz CT molecular complexity index is 1370. The van der Waals surface area contributed by atoms with Crippen molar-refractivity contribution in [2.75, 3.05) is 19.7 Å². The maximum atomic E-state index is 13.4. The highest BCUT2D eigenvalue weighted by atomic mass is 79.9. The van der Waals surface area contributed by atoms with Crippen molar-refractivity contribution in [3.05, 3.63) is 34.3 Å². The minimum Gasteiger partial charge on any atom is -0.444 e. The van der Waals surface area contributed by atoms with Crippen LogP contribution >= 0.6 is 15.9 Å². The van der Waals surface area contributed by atoms with Crippen molar-refractivity contribution >= 4 is 41.7 Å². The van der Waals surface area contributed by atoms with Crippen LogP contribution in [0.15, 0.2) is 23.1 Å². The fourth-order valence-electron chi connectivity index (χ4n) is 4.49. The number of ether oxygens (including phenoxy) is 2. The molecule has 1 aliphatic rings. The summed E-state index contributed by atoms with van der Waals surface area (Å²) in [5, 5.41) is 12.1. The first kappa shape index (κ1) is 30.2.